The van der Waals surface area contributed by atoms with Crippen LogP contribution in [0.3, 0.4) is 0 Å². The second-order valence-electron chi connectivity index (χ2n) is 8.68. The van der Waals surface area contributed by atoms with Crippen LogP contribution in [0, 0.1) is 13.8 Å². The number of aromatic nitrogens is 2. The molecule has 3 heterocycles. The fourth-order valence-corrected chi connectivity index (χ4v) is 5.40. The lowest BCUT2D eigenvalue weighted by Gasteiger charge is -2.28. The number of hydrogen-bond acceptors (Lipinski definition) is 4. The number of nitrogens with zero attached hydrogens (tertiary/aromatic N) is 3. The first-order valence-corrected chi connectivity index (χ1v) is 12.3. The van der Waals surface area contributed by atoms with Crippen LogP contribution in [-0.2, 0) is 4.74 Å². The van der Waals surface area contributed by atoms with Gasteiger partial charge in [-0.15, -0.1) is 0 Å². The van der Waals surface area contributed by atoms with Crippen molar-refractivity contribution >= 4 is 40.6 Å². The zero-order chi connectivity index (χ0) is 25.4. The molecule has 1 saturated heterocycles. The molecule has 0 unspecified atom stereocenters. The lowest BCUT2D eigenvalue weighted by atomic mass is 9.96. The molecule has 8 heteroatoms. The highest BCUT2D eigenvalue weighted by atomic mass is 35.5. The Labute approximate surface area is 220 Å². The van der Waals surface area contributed by atoms with Gasteiger partial charge in [-0.25, -0.2) is 4.79 Å². The minimum absolute atomic E-state index is 0.155. The number of carbonyl (C=O) groups excluding carboxylic acids is 1. The molecule has 5 rings (SSSR count). The minimum Gasteiger partial charge on any atom is -0.465 e. The van der Waals surface area contributed by atoms with Crippen molar-refractivity contribution in [2.75, 3.05) is 12.0 Å². The summed E-state index contributed by atoms with van der Waals surface area (Å²) in [6.45, 7) is 4.15. The van der Waals surface area contributed by atoms with Gasteiger partial charge < -0.3 is 19.5 Å². The molecule has 0 bridgehead atoms. The average Bonchev–Trinajstić information content (AvgIpc) is 3.39. The quantitative estimate of drug-likeness (QED) is 0.255. The van der Waals surface area contributed by atoms with Crippen LogP contribution in [0.4, 0.5) is 5.69 Å². The van der Waals surface area contributed by atoms with Gasteiger partial charge in [-0.3, -0.25) is 4.98 Å². The summed E-state index contributed by atoms with van der Waals surface area (Å²) < 4.78 is 7.08. The van der Waals surface area contributed by atoms with E-state index in [0.29, 0.717) is 15.7 Å². The number of hydrogen-bond donors (Lipinski definition) is 1. The second-order valence-corrected chi connectivity index (χ2v) is 9.50. The number of methoxy groups -OCH3 is 1. The molecule has 1 aliphatic rings. The topological polar surface area (TPSA) is 59.4 Å². The van der Waals surface area contributed by atoms with Gasteiger partial charge in [-0.05, 0) is 92.3 Å². The van der Waals surface area contributed by atoms with Crippen LogP contribution in [0.2, 0.25) is 5.02 Å². The zero-order valence-electron chi connectivity index (χ0n) is 20.1. The Kier molecular flexibility index (Phi) is 6.51. The first kappa shape index (κ1) is 24.0. The molecular formula is C28H25ClN4O2S. The van der Waals surface area contributed by atoms with Crippen LogP contribution in [0.15, 0.2) is 79.0 Å². The van der Waals surface area contributed by atoms with E-state index < -0.39 is 0 Å². The molecule has 182 valence electrons. The van der Waals surface area contributed by atoms with Gasteiger partial charge in [-0.2, -0.15) is 0 Å². The second kappa shape index (κ2) is 9.76. The van der Waals surface area contributed by atoms with Crippen LogP contribution in [0.1, 0.15) is 45.1 Å². The lowest BCUT2D eigenvalue weighted by molar-refractivity contribution is 0.0600. The molecule has 1 aliphatic heterocycles. The predicted molar refractivity (Wildman–Crippen MR) is 146 cm³/mol. The van der Waals surface area contributed by atoms with E-state index >= 15 is 0 Å². The Morgan fingerprint density at radius 2 is 1.81 bits per heavy atom. The van der Waals surface area contributed by atoms with Gasteiger partial charge in [-0.1, -0.05) is 23.7 Å². The monoisotopic (exact) mass is 516 g/mol. The molecule has 0 radical (unpaired) electrons. The highest BCUT2D eigenvalue weighted by Crippen LogP contribution is 2.43. The molecule has 1 N–H and O–H groups in total. The van der Waals surface area contributed by atoms with Crippen molar-refractivity contribution in [2.45, 2.75) is 25.9 Å². The molecule has 2 aromatic heterocycles. The number of pyridine rings is 1. The van der Waals surface area contributed by atoms with E-state index in [1.54, 1.807) is 12.3 Å². The molecule has 0 aliphatic carbocycles. The molecule has 0 amide bonds. The molecule has 1 fully saturated rings. The van der Waals surface area contributed by atoms with Crippen molar-refractivity contribution in [2.24, 2.45) is 0 Å². The van der Waals surface area contributed by atoms with Crippen LogP contribution >= 0.6 is 23.8 Å². The molecule has 0 saturated carbocycles. The Morgan fingerprint density at radius 1 is 1.03 bits per heavy atom. The van der Waals surface area contributed by atoms with Gasteiger partial charge in [0.15, 0.2) is 5.11 Å². The Balaban J connectivity index is 1.66. The van der Waals surface area contributed by atoms with Crippen LogP contribution < -0.4 is 10.2 Å². The number of esters is 1. The summed E-state index contributed by atoms with van der Waals surface area (Å²) >= 11 is 12.0. The van der Waals surface area contributed by atoms with Gasteiger partial charge in [0.2, 0.25) is 0 Å². The number of aryl methyl sites for hydroxylation is 1. The van der Waals surface area contributed by atoms with E-state index in [9.17, 15) is 4.79 Å². The molecule has 4 aromatic rings. The summed E-state index contributed by atoms with van der Waals surface area (Å²) in [5.41, 5.74) is 6.43. The van der Waals surface area contributed by atoms with Crippen LogP contribution in [0.25, 0.3) is 5.69 Å². The van der Waals surface area contributed by atoms with Crippen molar-refractivity contribution in [1.82, 2.24) is 14.9 Å². The van der Waals surface area contributed by atoms with E-state index in [2.05, 4.69) is 39.7 Å². The van der Waals surface area contributed by atoms with Gasteiger partial charge in [0.25, 0.3) is 0 Å². The number of benzene rings is 2. The SMILES string of the molecule is COC(=O)c1cccc(-n2c(C)cc([C@H]3[C@@H](c4ccccn4)NC(=S)N3c3ccc(Cl)cc3)c2C)c1. The van der Waals surface area contributed by atoms with Crippen LogP contribution in [0.5, 0.6) is 0 Å². The average molecular weight is 517 g/mol. The maximum absolute atomic E-state index is 12.2. The number of rotatable bonds is 5. The summed E-state index contributed by atoms with van der Waals surface area (Å²) in [6.07, 6.45) is 1.80. The van der Waals surface area contributed by atoms with Crippen molar-refractivity contribution in [3.63, 3.8) is 0 Å². The molecule has 6 nitrogen and oxygen atoms in total. The Hall–Kier alpha value is -3.68. The third kappa shape index (κ3) is 4.25. The zero-order valence-corrected chi connectivity index (χ0v) is 21.7. The van der Waals surface area contributed by atoms with Gasteiger partial charge in [0, 0.05) is 34.0 Å². The van der Waals surface area contributed by atoms with E-state index in [1.807, 2.05) is 60.7 Å². The largest absolute Gasteiger partial charge is 0.465 e. The maximum Gasteiger partial charge on any atom is 0.337 e. The van der Waals surface area contributed by atoms with Crippen molar-refractivity contribution in [1.29, 1.82) is 0 Å². The van der Waals surface area contributed by atoms with Gasteiger partial charge >= 0.3 is 5.97 Å². The van der Waals surface area contributed by atoms with Crippen molar-refractivity contribution in [3.05, 3.63) is 112 Å². The number of halogens is 1. The van der Waals surface area contributed by atoms with Gasteiger partial charge in [0.05, 0.1) is 30.5 Å². The smallest absolute Gasteiger partial charge is 0.337 e. The highest BCUT2D eigenvalue weighted by Gasteiger charge is 2.42. The van der Waals surface area contributed by atoms with Crippen molar-refractivity contribution in [3.8, 4) is 5.69 Å². The van der Waals surface area contributed by atoms with Crippen molar-refractivity contribution < 1.29 is 9.53 Å². The molecule has 36 heavy (non-hydrogen) atoms. The lowest BCUT2D eigenvalue weighted by Crippen LogP contribution is -2.29. The van der Waals surface area contributed by atoms with E-state index in [4.69, 9.17) is 28.6 Å². The Morgan fingerprint density at radius 3 is 2.50 bits per heavy atom. The number of thiocarbonyl (C=S) groups is 1. The highest BCUT2D eigenvalue weighted by molar-refractivity contribution is 7.80. The molecular weight excluding hydrogens is 492 g/mol. The number of carbonyl (C=O) groups is 1. The first-order chi connectivity index (χ1) is 17.4. The number of nitrogens with one attached hydrogen (secondary N) is 1. The summed E-state index contributed by atoms with van der Waals surface area (Å²) in [4.78, 5) is 18.9. The fourth-order valence-electron chi connectivity index (χ4n) is 4.92. The summed E-state index contributed by atoms with van der Waals surface area (Å²) in [7, 11) is 1.39. The summed E-state index contributed by atoms with van der Waals surface area (Å²) in [5.74, 6) is -0.367. The molecule has 0 spiro atoms. The third-order valence-corrected chi connectivity index (χ3v) is 7.08. The summed E-state index contributed by atoms with van der Waals surface area (Å²) in [6, 6.07) is 22.9. The number of ether oxygens (including phenoxy) is 1. The van der Waals surface area contributed by atoms with Gasteiger partial charge in [0.1, 0.15) is 0 Å². The standard InChI is InChI=1S/C28H25ClN4O2S/c1-17-15-23(18(2)32(17)22-8-6-7-19(16-22)27(34)35-3)26-25(24-9-4-5-14-30-24)31-28(36)33(26)21-12-10-20(29)11-13-21/h4-16,25-26H,1-3H3,(H,31,36)/t25-,26+/m1/s1. The maximum atomic E-state index is 12.2. The first-order valence-electron chi connectivity index (χ1n) is 11.5. The number of anilines is 1. The van der Waals surface area contributed by atoms with E-state index in [1.165, 1.54) is 7.11 Å². The fraction of sp³-hybridized carbons (Fsp3) is 0.179. The van der Waals surface area contributed by atoms with E-state index in [0.717, 1.165) is 34.0 Å². The van der Waals surface area contributed by atoms with Crippen LogP contribution in [-0.4, -0.2) is 27.7 Å². The predicted octanol–water partition coefficient (Wildman–Crippen LogP) is 6.11. The Bertz CT molecular complexity index is 1440. The minimum atomic E-state index is -0.367. The summed E-state index contributed by atoms with van der Waals surface area (Å²) in [5, 5.41) is 4.79. The molecule has 2 atom stereocenters. The van der Waals surface area contributed by atoms with E-state index in [-0.39, 0.29) is 18.1 Å². The third-order valence-electron chi connectivity index (χ3n) is 6.52. The normalized spacial score (nSPS) is 17.2. The molecule has 2 aromatic carbocycles.